The van der Waals surface area contributed by atoms with Gasteiger partial charge in [-0.05, 0) is 58.3 Å². The van der Waals surface area contributed by atoms with Crippen LogP contribution >= 0.6 is 37.3 Å². The van der Waals surface area contributed by atoms with Crippen molar-refractivity contribution in [3.05, 3.63) is 59.0 Å². The first kappa shape index (κ1) is 24.8. The third kappa shape index (κ3) is 4.89. The summed E-state index contributed by atoms with van der Waals surface area (Å²) in [6, 6.07) is 13.2. The van der Waals surface area contributed by atoms with Gasteiger partial charge in [0.05, 0.1) is 28.7 Å². The Bertz CT molecular complexity index is 1280. The van der Waals surface area contributed by atoms with Crippen molar-refractivity contribution in [1.29, 1.82) is 0 Å². The summed E-state index contributed by atoms with van der Waals surface area (Å²) >= 11 is 12.8. The fraction of sp³-hybridized carbons (Fsp3) is 0.261. The summed E-state index contributed by atoms with van der Waals surface area (Å²) in [5.74, 6) is -0.987. The minimum absolute atomic E-state index is 0.185. The number of hydrogen-bond donors (Lipinski definition) is 1. The number of nitrogens with one attached hydrogen (secondary N) is 1. The molecule has 0 fully saturated rings. The molecule has 1 amide bonds. The lowest BCUT2D eigenvalue weighted by Crippen LogP contribution is -2.25. The van der Waals surface area contributed by atoms with Gasteiger partial charge in [-0.2, -0.15) is 10.2 Å². The normalized spacial score (nSPS) is 15.4. The van der Waals surface area contributed by atoms with E-state index in [-0.39, 0.29) is 12.0 Å². The van der Waals surface area contributed by atoms with E-state index in [4.69, 9.17) is 27.2 Å². The first-order chi connectivity index (χ1) is 16.3. The molecule has 0 radical (unpaired) electrons. The smallest absolute Gasteiger partial charge is 0.359 e. The van der Waals surface area contributed by atoms with Gasteiger partial charge in [0, 0.05) is 5.56 Å². The van der Waals surface area contributed by atoms with Gasteiger partial charge in [-0.1, -0.05) is 53.2 Å². The van der Waals surface area contributed by atoms with Crippen LogP contribution in [0.4, 0.5) is 11.4 Å². The summed E-state index contributed by atoms with van der Waals surface area (Å²) < 4.78 is 6.86. The molecule has 1 atom stereocenters. The van der Waals surface area contributed by atoms with E-state index in [0.717, 1.165) is 12.0 Å². The molecule has 0 aliphatic carbocycles. The number of halogens is 2. The number of nitrogens with zero attached hydrogens (tertiary/aromatic N) is 3. The fourth-order valence-electron chi connectivity index (χ4n) is 3.67. The van der Waals surface area contributed by atoms with Gasteiger partial charge in [-0.15, -0.1) is 0 Å². The van der Waals surface area contributed by atoms with E-state index < -0.39 is 24.7 Å². The lowest BCUT2D eigenvalue weighted by Gasteiger charge is -2.16. The van der Waals surface area contributed by atoms with Gasteiger partial charge in [0.15, 0.2) is 5.43 Å². The summed E-state index contributed by atoms with van der Waals surface area (Å²) in [6.45, 7) is 4.31. The monoisotopic (exact) mass is 534 g/mol. The molecule has 1 aromatic heterocycles. The molecule has 1 N–H and O–H groups in total. The largest absolute Gasteiger partial charge is 0.461 e. The Hall–Kier alpha value is -2.30. The number of esters is 1. The number of azo groups is 1. The highest BCUT2D eigenvalue weighted by atomic mass is 35.9. The molecule has 0 unspecified atom stereocenters. The van der Waals surface area contributed by atoms with Crippen molar-refractivity contribution >= 4 is 65.6 Å². The molecule has 0 bridgehead atoms. The molecule has 2 heterocycles. The zero-order chi connectivity index (χ0) is 24.4. The van der Waals surface area contributed by atoms with Gasteiger partial charge in [0.2, 0.25) is 6.17 Å². The Morgan fingerprint density at radius 2 is 1.94 bits per heavy atom. The highest BCUT2D eigenvalue weighted by Gasteiger charge is 2.37. The SMILES string of the molecule is CCOC(=O)c1pc(P(Cl)Cl)c2n1[C@@H](N=Nc1ccc(CC)cc1)C(=O)Nc1ccc(C)cc1-2. The molecule has 0 saturated heterocycles. The number of ether oxygens (including phenoxy) is 1. The minimum Gasteiger partial charge on any atom is -0.461 e. The number of carbonyl (C=O) groups is 2. The number of hydrogen-bond acceptors (Lipinski definition) is 5. The molecule has 1 aliphatic rings. The molecule has 3 aromatic rings. The van der Waals surface area contributed by atoms with E-state index in [1.807, 2.05) is 49.4 Å². The van der Waals surface area contributed by atoms with Gasteiger partial charge in [0.25, 0.3) is 5.91 Å². The highest BCUT2D eigenvalue weighted by molar-refractivity contribution is 8.11. The van der Waals surface area contributed by atoms with Crippen LogP contribution in [-0.2, 0) is 16.0 Å². The zero-order valence-corrected chi connectivity index (χ0v) is 22.1. The average molecular weight is 535 g/mol. The summed E-state index contributed by atoms with van der Waals surface area (Å²) in [5.41, 5.74) is 4.86. The van der Waals surface area contributed by atoms with Crippen LogP contribution in [0, 0.1) is 6.92 Å². The Kier molecular flexibility index (Phi) is 7.69. The number of benzene rings is 2. The highest BCUT2D eigenvalue weighted by Crippen LogP contribution is 2.53. The van der Waals surface area contributed by atoms with E-state index in [1.54, 1.807) is 11.5 Å². The number of amides is 1. The summed E-state index contributed by atoms with van der Waals surface area (Å²) in [6.07, 6.45) is -0.247. The molecule has 11 heteroatoms. The summed E-state index contributed by atoms with van der Waals surface area (Å²) in [7, 11) is 0.486. The maximum atomic E-state index is 13.4. The topological polar surface area (TPSA) is 85.1 Å². The predicted molar refractivity (Wildman–Crippen MR) is 139 cm³/mol. The van der Waals surface area contributed by atoms with Crippen molar-refractivity contribution in [3.8, 4) is 11.3 Å². The van der Waals surface area contributed by atoms with E-state index in [0.29, 0.717) is 35.9 Å². The van der Waals surface area contributed by atoms with Gasteiger partial charge in [-0.25, -0.2) is 4.79 Å². The molecule has 34 heavy (non-hydrogen) atoms. The van der Waals surface area contributed by atoms with Crippen LogP contribution in [-0.4, -0.2) is 23.1 Å². The van der Waals surface area contributed by atoms with Crippen molar-refractivity contribution in [1.82, 2.24) is 4.57 Å². The van der Waals surface area contributed by atoms with Crippen molar-refractivity contribution < 1.29 is 14.3 Å². The number of fused-ring (bicyclic) bond motifs is 3. The first-order valence-corrected chi connectivity index (χ1v) is 14.7. The Balaban J connectivity index is 1.94. The van der Waals surface area contributed by atoms with Gasteiger partial charge in [-0.3, -0.25) is 9.36 Å². The standard InChI is InChI=1S/C23H22Cl2N4O3P2/c1-4-14-7-9-15(10-8-14)27-28-19-20(30)26-17-11-6-13(3)12-16(17)18-23(34(24)25)33-21(29(18)19)22(31)32-5-2/h6-12,19H,4-5H2,1-3H3,(H,26,30)/t19-/m1/s1. The molecule has 4 rings (SSSR count). The minimum atomic E-state index is -1.61. The van der Waals surface area contributed by atoms with Crippen molar-refractivity contribution in [2.45, 2.75) is 33.4 Å². The number of aryl methyl sites for hydroxylation is 2. The number of carbonyl (C=O) groups excluding carboxylic acids is 2. The van der Waals surface area contributed by atoms with Crippen molar-refractivity contribution in [2.75, 3.05) is 11.9 Å². The number of rotatable bonds is 6. The molecule has 0 saturated carbocycles. The first-order valence-electron chi connectivity index (χ1n) is 10.7. The summed E-state index contributed by atoms with van der Waals surface area (Å²) in [5, 5.41) is 12.2. The average Bonchev–Trinajstić information content (AvgIpc) is 3.16. The van der Waals surface area contributed by atoms with Crippen LogP contribution in [0.25, 0.3) is 11.3 Å². The van der Waals surface area contributed by atoms with Crippen molar-refractivity contribution in [2.24, 2.45) is 10.2 Å². The zero-order valence-electron chi connectivity index (χ0n) is 18.7. The third-order valence-corrected chi connectivity index (χ3v) is 9.49. The molecular weight excluding hydrogens is 513 g/mol. The molecule has 0 spiro atoms. The van der Waals surface area contributed by atoms with Crippen LogP contribution < -0.4 is 10.4 Å². The maximum Gasteiger partial charge on any atom is 0.359 e. The van der Waals surface area contributed by atoms with Crippen LogP contribution in [0.3, 0.4) is 0 Å². The lowest BCUT2D eigenvalue weighted by atomic mass is 10.1. The lowest BCUT2D eigenvalue weighted by molar-refractivity contribution is -0.119. The maximum absolute atomic E-state index is 13.4. The second-order valence-corrected chi connectivity index (χ2v) is 12.5. The molecule has 1 aliphatic heterocycles. The van der Waals surface area contributed by atoms with Crippen molar-refractivity contribution in [3.63, 3.8) is 0 Å². The van der Waals surface area contributed by atoms with Crippen LogP contribution in [0.5, 0.6) is 0 Å². The van der Waals surface area contributed by atoms with Gasteiger partial charge < -0.3 is 10.1 Å². The summed E-state index contributed by atoms with van der Waals surface area (Å²) in [4.78, 5) is 26.3. The van der Waals surface area contributed by atoms with Crippen LogP contribution in [0.2, 0.25) is 0 Å². The third-order valence-electron chi connectivity index (χ3n) is 5.31. The molecule has 7 nitrogen and oxygen atoms in total. The fourth-order valence-corrected chi connectivity index (χ4v) is 6.81. The van der Waals surface area contributed by atoms with E-state index in [1.165, 1.54) is 5.56 Å². The Morgan fingerprint density at radius 1 is 1.21 bits per heavy atom. The van der Waals surface area contributed by atoms with E-state index in [9.17, 15) is 9.59 Å². The van der Waals surface area contributed by atoms with Gasteiger partial charge in [0.1, 0.15) is 6.63 Å². The van der Waals surface area contributed by atoms with Crippen LogP contribution in [0.15, 0.2) is 52.7 Å². The van der Waals surface area contributed by atoms with E-state index in [2.05, 4.69) is 22.5 Å². The van der Waals surface area contributed by atoms with Crippen LogP contribution in [0.1, 0.15) is 41.4 Å². The molecule has 2 aromatic carbocycles. The molecule has 176 valence electrons. The van der Waals surface area contributed by atoms with E-state index >= 15 is 0 Å². The second-order valence-electron chi connectivity index (χ2n) is 7.58. The predicted octanol–water partition coefficient (Wildman–Crippen LogP) is 7.43. The molecular formula is C23H22Cl2N4O3P2. The Morgan fingerprint density at radius 3 is 2.59 bits per heavy atom. The quantitative estimate of drug-likeness (QED) is 0.202. The Labute approximate surface area is 210 Å². The second kappa shape index (κ2) is 10.5. The van der Waals surface area contributed by atoms with Gasteiger partial charge >= 0.3 is 5.97 Å². The number of aromatic nitrogens is 1. The number of anilines is 1.